The molecule has 0 aliphatic carbocycles. The molecule has 1 fully saturated rings. The first kappa shape index (κ1) is 24.3. The summed E-state index contributed by atoms with van der Waals surface area (Å²) in [6.45, 7) is 6.10. The van der Waals surface area contributed by atoms with E-state index in [9.17, 15) is 0 Å². The number of nitrogens with zero attached hydrogens (tertiary/aromatic N) is 4. The van der Waals surface area contributed by atoms with Crippen LogP contribution in [-0.4, -0.2) is 47.1 Å². The molecule has 170 valence electrons. The molecule has 1 N–H and O–H groups in total. The largest absolute Gasteiger partial charge is 0.356 e. The van der Waals surface area contributed by atoms with Crippen molar-refractivity contribution in [3.63, 3.8) is 0 Å². The fourth-order valence-corrected chi connectivity index (χ4v) is 4.64. The molecule has 1 aliphatic heterocycles. The minimum atomic E-state index is 0. The molecular formula is C26H34IN5. The molecule has 1 saturated heterocycles. The molecule has 5 nitrogen and oxygen atoms in total. The molecule has 2 atom stereocenters. The Labute approximate surface area is 209 Å². The molecule has 32 heavy (non-hydrogen) atoms. The normalized spacial score (nSPS) is 18.8. The molecule has 0 spiro atoms. The maximum absolute atomic E-state index is 4.57. The van der Waals surface area contributed by atoms with Crippen LogP contribution >= 0.6 is 24.0 Å². The monoisotopic (exact) mass is 543 g/mol. The zero-order chi connectivity index (χ0) is 21.5. The number of likely N-dealkylation sites (tertiary alicyclic amines) is 1. The Bertz CT molecular complexity index is 970. The van der Waals surface area contributed by atoms with Gasteiger partial charge in [-0.1, -0.05) is 67.6 Å². The predicted octanol–water partition coefficient (Wildman–Crippen LogP) is 4.79. The number of benzene rings is 2. The molecule has 0 saturated carbocycles. The minimum absolute atomic E-state index is 0. The molecule has 0 amide bonds. The van der Waals surface area contributed by atoms with Crippen molar-refractivity contribution in [2.24, 2.45) is 10.9 Å². The molecule has 0 radical (unpaired) electrons. The number of halogens is 1. The van der Waals surface area contributed by atoms with Crippen LogP contribution in [0.3, 0.4) is 0 Å². The Balaban J connectivity index is 0.00000289. The number of guanidine groups is 1. The van der Waals surface area contributed by atoms with E-state index >= 15 is 0 Å². The number of aliphatic imine (C=N–C) groups is 1. The predicted molar refractivity (Wildman–Crippen MR) is 143 cm³/mol. The van der Waals surface area contributed by atoms with Gasteiger partial charge >= 0.3 is 0 Å². The Morgan fingerprint density at radius 3 is 2.50 bits per heavy atom. The number of hydrogen-bond acceptors (Lipinski definition) is 2. The van der Waals surface area contributed by atoms with Gasteiger partial charge < -0.3 is 14.8 Å². The van der Waals surface area contributed by atoms with Crippen molar-refractivity contribution >= 4 is 29.9 Å². The standard InChI is InChI=1S/C26H33N5.HI/c1-21-19-31(17-14-24(21)23-11-7-4-8-12-23)26(27-2)29-15-13-25-28-16-18-30(25)20-22-9-5-3-6-10-22;/h3-12,16,18,21,24H,13-15,17,19-20H2,1-2H3,(H,27,29);1H. The van der Waals surface area contributed by atoms with Crippen LogP contribution in [0, 0.1) is 5.92 Å². The van der Waals surface area contributed by atoms with Gasteiger partial charge in [-0.15, -0.1) is 24.0 Å². The topological polar surface area (TPSA) is 45.5 Å². The molecular weight excluding hydrogens is 509 g/mol. The van der Waals surface area contributed by atoms with Crippen molar-refractivity contribution in [2.75, 3.05) is 26.7 Å². The van der Waals surface area contributed by atoms with Crippen molar-refractivity contribution in [2.45, 2.75) is 32.2 Å². The van der Waals surface area contributed by atoms with Gasteiger partial charge in [0.15, 0.2) is 5.96 Å². The van der Waals surface area contributed by atoms with Crippen LogP contribution in [0.2, 0.25) is 0 Å². The second-order valence-electron chi connectivity index (χ2n) is 8.41. The number of rotatable bonds is 6. The van der Waals surface area contributed by atoms with Gasteiger partial charge in [0.2, 0.25) is 0 Å². The molecule has 2 heterocycles. The van der Waals surface area contributed by atoms with Crippen molar-refractivity contribution in [1.82, 2.24) is 19.8 Å². The van der Waals surface area contributed by atoms with Gasteiger partial charge in [-0.25, -0.2) is 4.98 Å². The van der Waals surface area contributed by atoms with Gasteiger partial charge in [-0.05, 0) is 29.4 Å². The molecule has 6 heteroatoms. The SMILES string of the molecule is CN=C(NCCc1nccn1Cc1ccccc1)N1CCC(c2ccccc2)C(C)C1.I. The van der Waals surface area contributed by atoms with E-state index in [0.29, 0.717) is 11.8 Å². The first-order valence-electron chi connectivity index (χ1n) is 11.3. The fourth-order valence-electron chi connectivity index (χ4n) is 4.64. The Morgan fingerprint density at radius 1 is 1.09 bits per heavy atom. The van der Waals surface area contributed by atoms with Crippen LogP contribution in [0.4, 0.5) is 0 Å². The third-order valence-electron chi connectivity index (χ3n) is 6.27. The smallest absolute Gasteiger partial charge is 0.193 e. The lowest BCUT2D eigenvalue weighted by molar-refractivity contribution is 0.234. The van der Waals surface area contributed by atoms with Crippen LogP contribution in [0.25, 0.3) is 0 Å². The summed E-state index contributed by atoms with van der Waals surface area (Å²) < 4.78 is 2.23. The lowest BCUT2D eigenvalue weighted by Crippen LogP contribution is -2.48. The Kier molecular flexibility index (Phi) is 9.14. The summed E-state index contributed by atoms with van der Waals surface area (Å²) in [6, 6.07) is 21.5. The summed E-state index contributed by atoms with van der Waals surface area (Å²) in [4.78, 5) is 11.5. The first-order chi connectivity index (χ1) is 15.2. The third-order valence-corrected chi connectivity index (χ3v) is 6.27. The molecule has 1 aromatic heterocycles. The van der Waals surface area contributed by atoms with Crippen LogP contribution in [-0.2, 0) is 13.0 Å². The van der Waals surface area contributed by atoms with Crippen LogP contribution in [0.15, 0.2) is 78.0 Å². The Hall–Kier alpha value is -2.35. The highest BCUT2D eigenvalue weighted by atomic mass is 127. The van der Waals surface area contributed by atoms with E-state index in [1.54, 1.807) is 0 Å². The van der Waals surface area contributed by atoms with Crippen LogP contribution < -0.4 is 5.32 Å². The number of piperidine rings is 1. The van der Waals surface area contributed by atoms with E-state index in [1.807, 2.05) is 13.2 Å². The molecule has 4 rings (SSSR count). The van der Waals surface area contributed by atoms with Crippen molar-refractivity contribution < 1.29 is 0 Å². The van der Waals surface area contributed by atoms with E-state index in [1.165, 1.54) is 11.1 Å². The lowest BCUT2D eigenvalue weighted by atomic mass is 9.82. The van der Waals surface area contributed by atoms with Crippen LogP contribution in [0.1, 0.15) is 36.2 Å². The summed E-state index contributed by atoms with van der Waals surface area (Å²) in [5.74, 6) is 3.32. The molecule has 2 unspecified atom stereocenters. The highest BCUT2D eigenvalue weighted by Crippen LogP contribution is 2.32. The van der Waals surface area contributed by atoms with Gasteiger partial charge in [0.25, 0.3) is 0 Å². The summed E-state index contributed by atoms with van der Waals surface area (Å²) in [6.07, 6.45) is 5.98. The maximum atomic E-state index is 4.57. The van der Waals surface area contributed by atoms with Crippen molar-refractivity contribution in [3.8, 4) is 0 Å². The van der Waals surface area contributed by atoms with Gasteiger partial charge in [0.1, 0.15) is 5.82 Å². The highest BCUT2D eigenvalue weighted by molar-refractivity contribution is 14.0. The Morgan fingerprint density at radius 2 is 1.81 bits per heavy atom. The summed E-state index contributed by atoms with van der Waals surface area (Å²) >= 11 is 0. The van der Waals surface area contributed by atoms with Gasteiger partial charge in [0, 0.05) is 52.0 Å². The van der Waals surface area contributed by atoms with Crippen molar-refractivity contribution in [3.05, 3.63) is 90.0 Å². The number of hydrogen-bond donors (Lipinski definition) is 1. The van der Waals surface area contributed by atoms with E-state index < -0.39 is 0 Å². The van der Waals surface area contributed by atoms with Crippen LogP contribution in [0.5, 0.6) is 0 Å². The number of imidazole rings is 1. The maximum Gasteiger partial charge on any atom is 0.193 e. The molecule has 2 aromatic carbocycles. The number of aromatic nitrogens is 2. The second-order valence-corrected chi connectivity index (χ2v) is 8.41. The first-order valence-corrected chi connectivity index (χ1v) is 11.3. The minimum Gasteiger partial charge on any atom is -0.356 e. The second kappa shape index (κ2) is 12.0. The molecule has 0 bridgehead atoms. The molecule has 3 aromatic rings. The third kappa shape index (κ3) is 6.12. The lowest BCUT2D eigenvalue weighted by Gasteiger charge is -2.39. The van der Waals surface area contributed by atoms with Crippen molar-refractivity contribution in [1.29, 1.82) is 0 Å². The zero-order valence-corrected chi connectivity index (χ0v) is 21.4. The van der Waals surface area contributed by atoms with Gasteiger partial charge in [-0.3, -0.25) is 4.99 Å². The average Bonchev–Trinajstić information content (AvgIpc) is 3.24. The summed E-state index contributed by atoms with van der Waals surface area (Å²) in [5, 5.41) is 3.57. The fraction of sp³-hybridized carbons (Fsp3) is 0.385. The van der Waals surface area contributed by atoms with E-state index in [0.717, 1.165) is 50.8 Å². The van der Waals surface area contributed by atoms with Gasteiger partial charge in [0.05, 0.1) is 0 Å². The van der Waals surface area contributed by atoms with Gasteiger partial charge in [-0.2, -0.15) is 0 Å². The number of nitrogens with one attached hydrogen (secondary N) is 1. The van der Waals surface area contributed by atoms with E-state index in [2.05, 4.69) is 98.5 Å². The highest BCUT2D eigenvalue weighted by Gasteiger charge is 2.28. The van der Waals surface area contributed by atoms with E-state index in [-0.39, 0.29) is 24.0 Å². The average molecular weight is 543 g/mol. The van der Waals surface area contributed by atoms with E-state index in [4.69, 9.17) is 0 Å². The molecule has 1 aliphatic rings. The summed E-state index contributed by atoms with van der Waals surface area (Å²) in [7, 11) is 1.88. The zero-order valence-electron chi connectivity index (χ0n) is 19.0. The summed E-state index contributed by atoms with van der Waals surface area (Å²) in [5.41, 5.74) is 2.75. The quantitative estimate of drug-likeness (QED) is 0.276.